The zero-order valence-electron chi connectivity index (χ0n) is 9.31. The van der Waals surface area contributed by atoms with Crippen molar-refractivity contribution < 1.29 is 4.74 Å². The van der Waals surface area contributed by atoms with Gasteiger partial charge in [-0.25, -0.2) is 0 Å². The van der Waals surface area contributed by atoms with Crippen LogP contribution in [0.1, 0.15) is 13.8 Å². The molecule has 0 saturated carbocycles. The summed E-state index contributed by atoms with van der Waals surface area (Å²) in [5.74, 6) is 0.958. The van der Waals surface area contributed by atoms with Gasteiger partial charge < -0.3 is 15.4 Å². The molecule has 0 spiro atoms. The van der Waals surface area contributed by atoms with Crippen LogP contribution in [0.4, 0.5) is 5.69 Å². The van der Waals surface area contributed by atoms with E-state index in [2.05, 4.69) is 11.0 Å². The summed E-state index contributed by atoms with van der Waals surface area (Å²) in [6, 6.07) is 8.45. The zero-order valence-corrected chi connectivity index (χ0v) is 9.31. The summed E-state index contributed by atoms with van der Waals surface area (Å²) in [6.45, 7) is 5.94. The Labute approximate surface area is 90.8 Å². The van der Waals surface area contributed by atoms with E-state index >= 15 is 0 Å². The molecule has 0 amide bonds. The van der Waals surface area contributed by atoms with Gasteiger partial charge in [0.15, 0.2) is 0 Å². The van der Waals surface area contributed by atoms with Crippen molar-refractivity contribution in [1.29, 1.82) is 0 Å². The predicted octanol–water partition coefficient (Wildman–Crippen LogP) is 1.62. The lowest BCUT2D eigenvalue weighted by atomic mass is 10.1. The number of para-hydroxylation sites is 2. The third kappa shape index (κ3) is 2.23. The average Bonchev–Trinajstić information content (AvgIpc) is 2.13. The van der Waals surface area contributed by atoms with Crippen LogP contribution in [-0.4, -0.2) is 25.2 Å². The molecule has 0 bridgehead atoms. The molecule has 1 aliphatic rings. The molecule has 1 aromatic carbocycles. The highest BCUT2D eigenvalue weighted by Gasteiger charge is 2.25. The second kappa shape index (κ2) is 4.11. The van der Waals surface area contributed by atoms with Crippen LogP contribution >= 0.6 is 0 Å². The van der Waals surface area contributed by atoms with Crippen molar-refractivity contribution in [2.24, 2.45) is 5.73 Å². The van der Waals surface area contributed by atoms with Crippen LogP contribution in [0.2, 0.25) is 0 Å². The summed E-state index contributed by atoms with van der Waals surface area (Å²) in [5, 5.41) is 0. The number of nitrogens with two attached hydrogens (primary N) is 1. The third-order valence-corrected chi connectivity index (χ3v) is 2.48. The molecule has 0 aliphatic carbocycles. The Bertz CT molecular complexity index is 332. The molecule has 2 rings (SSSR count). The van der Waals surface area contributed by atoms with E-state index in [4.69, 9.17) is 10.5 Å². The second-order valence-electron chi connectivity index (χ2n) is 4.30. The zero-order chi connectivity index (χ0) is 10.8. The van der Waals surface area contributed by atoms with Crippen LogP contribution in [0.3, 0.4) is 0 Å². The molecule has 0 unspecified atom stereocenters. The van der Waals surface area contributed by atoms with Gasteiger partial charge in [0.1, 0.15) is 5.75 Å². The van der Waals surface area contributed by atoms with Crippen LogP contribution in [-0.2, 0) is 0 Å². The first-order chi connectivity index (χ1) is 7.16. The van der Waals surface area contributed by atoms with Gasteiger partial charge in [0.2, 0.25) is 0 Å². The molecule has 82 valence electrons. The Balaban J connectivity index is 2.15. The van der Waals surface area contributed by atoms with Crippen molar-refractivity contribution >= 4 is 5.69 Å². The second-order valence-corrected chi connectivity index (χ2v) is 4.30. The largest absolute Gasteiger partial charge is 0.489 e. The average molecular weight is 206 g/mol. The molecule has 1 aliphatic heterocycles. The third-order valence-electron chi connectivity index (χ3n) is 2.48. The molecule has 0 atom stereocenters. The maximum atomic E-state index is 5.78. The summed E-state index contributed by atoms with van der Waals surface area (Å²) in [5.41, 5.74) is 6.94. The first-order valence-corrected chi connectivity index (χ1v) is 5.43. The van der Waals surface area contributed by atoms with Gasteiger partial charge in [-0.15, -0.1) is 0 Å². The highest BCUT2D eigenvalue weighted by molar-refractivity contribution is 5.60. The van der Waals surface area contributed by atoms with Crippen molar-refractivity contribution in [3.05, 3.63) is 24.3 Å². The Hall–Kier alpha value is -1.22. The van der Waals surface area contributed by atoms with E-state index in [1.165, 1.54) is 0 Å². The lowest BCUT2D eigenvalue weighted by Crippen LogP contribution is -2.56. The Morgan fingerprint density at radius 2 is 2.00 bits per heavy atom. The first kappa shape index (κ1) is 10.3. The fourth-order valence-electron chi connectivity index (χ4n) is 1.78. The SMILES string of the molecule is CC(C)Oc1ccccc1N1CC(N)C1. The van der Waals surface area contributed by atoms with E-state index in [1.807, 2.05) is 32.0 Å². The van der Waals surface area contributed by atoms with Gasteiger partial charge in [0.05, 0.1) is 11.8 Å². The summed E-state index contributed by atoms with van der Waals surface area (Å²) in [7, 11) is 0. The van der Waals surface area contributed by atoms with Crippen molar-refractivity contribution in [2.45, 2.75) is 26.0 Å². The molecular formula is C12H18N2O. The lowest BCUT2D eigenvalue weighted by Gasteiger charge is -2.39. The molecule has 3 nitrogen and oxygen atoms in total. The summed E-state index contributed by atoms with van der Waals surface area (Å²) >= 11 is 0. The smallest absolute Gasteiger partial charge is 0.142 e. The summed E-state index contributed by atoms with van der Waals surface area (Å²) < 4.78 is 5.75. The van der Waals surface area contributed by atoms with Gasteiger partial charge in [0, 0.05) is 19.1 Å². The number of anilines is 1. The van der Waals surface area contributed by atoms with Gasteiger partial charge in [0.25, 0.3) is 0 Å². The van der Waals surface area contributed by atoms with Gasteiger partial charge in [-0.05, 0) is 26.0 Å². The van der Waals surface area contributed by atoms with Crippen LogP contribution < -0.4 is 15.4 Å². The molecule has 2 N–H and O–H groups in total. The number of rotatable bonds is 3. The molecule has 0 aromatic heterocycles. The highest BCUT2D eigenvalue weighted by Crippen LogP contribution is 2.31. The maximum Gasteiger partial charge on any atom is 0.142 e. The van der Waals surface area contributed by atoms with Crippen LogP contribution in [0, 0.1) is 0 Å². The lowest BCUT2D eigenvalue weighted by molar-refractivity contribution is 0.242. The molecule has 1 heterocycles. The van der Waals surface area contributed by atoms with Gasteiger partial charge in [-0.2, -0.15) is 0 Å². The molecule has 3 heteroatoms. The summed E-state index contributed by atoms with van der Waals surface area (Å²) in [4.78, 5) is 2.25. The maximum absolute atomic E-state index is 5.78. The van der Waals surface area contributed by atoms with Crippen LogP contribution in [0.15, 0.2) is 24.3 Å². The fraction of sp³-hybridized carbons (Fsp3) is 0.500. The van der Waals surface area contributed by atoms with E-state index in [0.29, 0.717) is 6.04 Å². The number of ether oxygens (including phenoxy) is 1. The van der Waals surface area contributed by atoms with Gasteiger partial charge >= 0.3 is 0 Å². The van der Waals surface area contributed by atoms with Crippen molar-refractivity contribution in [2.75, 3.05) is 18.0 Å². The quantitative estimate of drug-likeness (QED) is 0.816. The summed E-state index contributed by atoms with van der Waals surface area (Å²) in [6.07, 6.45) is 0.209. The van der Waals surface area contributed by atoms with Gasteiger partial charge in [-0.3, -0.25) is 0 Å². The number of hydrogen-bond donors (Lipinski definition) is 1. The Morgan fingerprint density at radius 1 is 1.33 bits per heavy atom. The van der Waals surface area contributed by atoms with E-state index in [-0.39, 0.29) is 6.10 Å². The van der Waals surface area contributed by atoms with Crippen molar-refractivity contribution in [3.8, 4) is 5.75 Å². The molecule has 15 heavy (non-hydrogen) atoms. The molecule has 1 aromatic rings. The van der Waals surface area contributed by atoms with E-state index < -0.39 is 0 Å². The van der Waals surface area contributed by atoms with E-state index in [0.717, 1.165) is 24.5 Å². The van der Waals surface area contributed by atoms with Gasteiger partial charge in [-0.1, -0.05) is 12.1 Å². The minimum atomic E-state index is 0.209. The first-order valence-electron chi connectivity index (χ1n) is 5.43. The molecule has 1 saturated heterocycles. The fourth-order valence-corrected chi connectivity index (χ4v) is 1.78. The van der Waals surface area contributed by atoms with E-state index in [9.17, 15) is 0 Å². The predicted molar refractivity (Wildman–Crippen MR) is 62.4 cm³/mol. The molecule has 1 fully saturated rings. The number of hydrogen-bond acceptors (Lipinski definition) is 3. The number of nitrogens with zero attached hydrogens (tertiary/aromatic N) is 1. The van der Waals surface area contributed by atoms with Crippen LogP contribution in [0.25, 0.3) is 0 Å². The topological polar surface area (TPSA) is 38.5 Å². The van der Waals surface area contributed by atoms with Crippen molar-refractivity contribution in [1.82, 2.24) is 0 Å². The molecule has 0 radical (unpaired) electrons. The standard InChI is InChI=1S/C12H18N2O/c1-9(2)15-12-6-4-3-5-11(12)14-7-10(13)8-14/h3-6,9-10H,7-8,13H2,1-2H3. The van der Waals surface area contributed by atoms with E-state index in [1.54, 1.807) is 0 Å². The van der Waals surface area contributed by atoms with Crippen LogP contribution in [0.5, 0.6) is 5.75 Å². The minimum Gasteiger partial charge on any atom is -0.489 e. The van der Waals surface area contributed by atoms with Crippen molar-refractivity contribution in [3.63, 3.8) is 0 Å². The minimum absolute atomic E-state index is 0.209. The number of benzene rings is 1. The molecular weight excluding hydrogens is 188 g/mol. The Kier molecular flexibility index (Phi) is 2.82. The monoisotopic (exact) mass is 206 g/mol. The highest BCUT2D eigenvalue weighted by atomic mass is 16.5. The Morgan fingerprint density at radius 3 is 2.60 bits per heavy atom. The normalized spacial score (nSPS) is 16.7.